The molecule has 0 bridgehead atoms. The summed E-state index contributed by atoms with van der Waals surface area (Å²) in [5.41, 5.74) is 0.556. The predicted octanol–water partition coefficient (Wildman–Crippen LogP) is 2.49. The molecule has 2 aliphatic heterocycles. The molecule has 3 amide bonds. The largest absolute Gasteiger partial charge is 0.481 e. The first-order valence-electron chi connectivity index (χ1n) is 12.4. The minimum atomic E-state index is -1.20. The van der Waals surface area contributed by atoms with Crippen LogP contribution in [0.1, 0.15) is 6.42 Å². The first-order chi connectivity index (χ1) is 20.0. The van der Waals surface area contributed by atoms with E-state index < -0.39 is 41.6 Å². The molecular weight excluding hydrogens is 647 g/mol. The number of thioether (sulfide) groups is 3. The SMILES string of the molecule is O=C(O)CC(=O)NCC[n+]1ccc(SCC2=C(C(=O)O)N3C(=O)[C@H](NC(=O)CSc4cc(Cl)ccc4Cl)[C@H]3SC2)cc1. The third-order valence-corrected chi connectivity index (χ3v) is 10.3. The zero-order valence-corrected chi connectivity index (χ0v) is 25.7. The van der Waals surface area contributed by atoms with Gasteiger partial charge in [-0.3, -0.25) is 24.1 Å². The van der Waals surface area contributed by atoms with Gasteiger partial charge in [0.25, 0.3) is 5.91 Å². The smallest absolute Gasteiger partial charge is 0.352 e. The number of carbonyl (C=O) groups excluding carboxylic acids is 3. The fourth-order valence-corrected chi connectivity index (χ4v) is 7.80. The topological polar surface area (TPSA) is 157 Å². The van der Waals surface area contributed by atoms with E-state index in [1.54, 1.807) is 30.6 Å². The van der Waals surface area contributed by atoms with Gasteiger partial charge in [-0.25, -0.2) is 9.36 Å². The summed E-state index contributed by atoms with van der Waals surface area (Å²) in [6.07, 6.45) is 3.02. The Morgan fingerprint density at radius 2 is 1.81 bits per heavy atom. The van der Waals surface area contributed by atoms with Crippen molar-refractivity contribution in [2.75, 3.05) is 23.8 Å². The summed E-state index contributed by atoms with van der Waals surface area (Å²) in [6, 6.07) is 7.80. The Labute approximate surface area is 263 Å². The van der Waals surface area contributed by atoms with E-state index in [4.69, 9.17) is 28.3 Å². The van der Waals surface area contributed by atoms with Crippen LogP contribution >= 0.6 is 58.5 Å². The van der Waals surface area contributed by atoms with Gasteiger partial charge in [-0.15, -0.1) is 35.3 Å². The zero-order valence-electron chi connectivity index (χ0n) is 21.7. The van der Waals surface area contributed by atoms with Crippen molar-refractivity contribution in [3.05, 3.63) is 64.0 Å². The molecule has 0 unspecified atom stereocenters. The van der Waals surface area contributed by atoms with Crippen molar-refractivity contribution in [3.8, 4) is 0 Å². The Balaban J connectivity index is 1.30. The number of carboxylic acids is 2. The molecule has 0 radical (unpaired) electrons. The number of aliphatic carboxylic acids is 2. The monoisotopic (exact) mass is 671 g/mol. The van der Waals surface area contributed by atoms with E-state index in [0.717, 1.165) is 4.90 Å². The number of β-lactam (4-membered cyclic amide) rings is 1. The highest BCUT2D eigenvalue weighted by Gasteiger charge is 2.54. The van der Waals surface area contributed by atoms with Crippen LogP contribution in [0.25, 0.3) is 0 Å². The van der Waals surface area contributed by atoms with Gasteiger partial charge >= 0.3 is 11.9 Å². The minimum Gasteiger partial charge on any atom is -0.481 e. The quantitative estimate of drug-likeness (QED) is 0.108. The number of nitrogens with one attached hydrogen (secondary N) is 2. The summed E-state index contributed by atoms with van der Waals surface area (Å²) in [6.45, 7) is 0.724. The summed E-state index contributed by atoms with van der Waals surface area (Å²) in [5.74, 6) is -3.02. The number of benzene rings is 1. The number of fused-ring (bicyclic) bond motifs is 1. The number of hydrogen-bond acceptors (Lipinski definition) is 8. The van der Waals surface area contributed by atoms with E-state index >= 15 is 0 Å². The lowest BCUT2D eigenvalue weighted by Crippen LogP contribution is -2.70. The van der Waals surface area contributed by atoms with E-state index in [9.17, 15) is 29.1 Å². The maximum absolute atomic E-state index is 12.9. The number of carboxylic acid groups (broad SMARTS) is 2. The van der Waals surface area contributed by atoms with Crippen molar-refractivity contribution in [2.45, 2.75) is 34.2 Å². The number of halogens is 2. The lowest BCUT2D eigenvalue weighted by molar-refractivity contribution is -0.695. The van der Waals surface area contributed by atoms with E-state index in [1.165, 1.54) is 40.2 Å². The molecule has 0 aliphatic carbocycles. The molecule has 222 valence electrons. The highest BCUT2D eigenvalue weighted by molar-refractivity contribution is 8.01. The number of hydrogen-bond donors (Lipinski definition) is 4. The van der Waals surface area contributed by atoms with Crippen molar-refractivity contribution < 1.29 is 38.8 Å². The molecule has 11 nitrogen and oxygen atoms in total. The maximum Gasteiger partial charge on any atom is 0.352 e. The molecule has 2 aliphatic rings. The van der Waals surface area contributed by atoms with Crippen LogP contribution < -0.4 is 15.2 Å². The van der Waals surface area contributed by atoms with Crippen molar-refractivity contribution in [3.63, 3.8) is 0 Å². The average Bonchev–Trinajstić information content (AvgIpc) is 2.94. The number of nitrogens with zero attached hydrogens (tertiary/aromatic N) is 2. The number of carbonyl (C=O) groups is 5. The molecule has 1 fully saturated rings. The van der Waals surface area contributed by atoms with Gasteiger partial charge in [0.05, 0.1) is 17.3 Å². The summed E-state index contributed by atoms with van der Waals surface area (Å²) in [7, 11) is 0. The predicted molar refractivity (Wildman–Crippen MR) is 159 cm³/mol. The van der Waals surface area contributed by atoms with E-state index in [-0.39, 0.29) is 23.9 Å². The van der Waals surface area contributed by atoms with Crippen molar-refractivity contribution >= 4 is 88.1 Å². The van der Waals surface area contributed by atoms with Crippen LogP contribution in [0, 0.1) is 0 Å². The van der Waals surface area contributed by atoms with Gasteiger partial charge in [0.1, 0.15) is 23.5 Å². The Bertz CT molecular complexity index is 1440. The van der Waals surface area contributed by atoms with Gasteiger partial charge in [0.15, 0.2) is 18.9 Å². The Morgan fingerprint density at radius 3 is 2.50 bits per heavy atom. The Morgan fingerprint density at radius 1 is 1.07 bits per heavy atom. The van der Waals surface area contributed by atoms with E-state index in [2.05, 4.69) is 10.6 Å². The van der Waals surface area contributed by atoms with Crippen LogP contribution in [0.4, 0.5) is 0 Å². The minimum absolute atomic E-state index is 0.0151. The first kappa shape index (κ1) is 32.0. The van der Waals surface area contributed by atoms with Crippen molar-refractivity contribution in [1.82, 2.24) is 15.5 Å². The van der Waals surface area contributed by atoms with Crippen molar-refractivity contribution in [1.29, 1.82) is 0 Å². The molecular formula is C26H25Cl2N4O7S3+. The van der Waals surface area contributed by atoms with Crippen LogP contribution in [0.15, 0.2) is 63.8 Å². The molecule has 1 aromatic carbocycles. The third kappa shape index (κ3) is 8.13. The van der Waals surface area contributed by atoms with Gasteiger partial charge in [0.2, 0.25) is 11.8 Å². The fraction of sp³-hybridized carbons (Fsp3) is 0.308. The molecule has 0 saturated carbocycles. The highest BCUT2D eigenvalue weighted by Crippen LogP contribution is 2.41. The summed E-state index contributed by atoms with van der Waals surface area (Å²) in [5, 5.41) is 24.2. The second-order valence-electron chi connectivity index (χ2n) is 9.06. The second kappa shape index (κ2) is 14.5. The Hall–Kier alpha value is -2.91. The van der Waals surface area contributed by atoms with Crippen LogP contribution in [0.5, 0.6) is 0 Å². The highest BCUT2D eigenvalue weighted by atomic mass is 35.5. The van der Waals surface area contributed by atoms with E-state index in [1.807, 2.05) is 16.7 Å². The van der Waals surface area contributed by atoms with Crippen LogP contribution in [0.3, 0.4) is 0 Å². The molecule has 4 rings (SSSR count). The van der Waals surface area contributed by atoms with Gasteiger partial charge in [0, 0.05) is 38.5 Å². The molecule has 42 heavy (non-hydrogen) atoms. The van der Waals surface area contributed by atoms with E-state index in [0.29, 0.717) is 38.6 Å². The third-order valence-electron chi connectivity index (χ3n) is 6.10. The number of pyridine rings is 1. The van der Waals surface area contributed by atoms with Crippen molar-refractivity contribution in [2.24, 2.45) is 0 Å². The first-order valence-corrected chi connectivity index (χ1v) is 16.2. The molecule has 2 aromatic rings. The fourth-order valence-electron chi connectivity index (χ4n) is 4.12. The molecule has 4 N–H and O–H groups in total. The Kier molecular flexibility index (Phi) is 11.1. The molecule has 1 saturated heterocycles. The molecule has 0 spiro atoms. The molecule has 3 heterocycles. The average molecular weight is 673 g/mol. The molecule has 16 heteroatoms. The number of aromatic nitrogens is 1. The normalized spacial score (nSPS) is 17.8. The maximum atomic E-state index is 12.9. The van der Waals surface area contributed by atoms with Crippen LogP contribution in [-0.4, -0.2) is 80.0 Å². The summed E-state index contributed by atoms with van der Waals surface area (Å²) >= 11 is 16.2. The number of amides is 3. The zero-order chi connectivity index (χ0) is 30.4. The van der Waals surface area contributed by atoms with Gasteiger partial charge in [-0.1, -0.05) is 23.2 Å². The molecule has 1 aromatic heterocycles. The summed E-state index contributed by atoms with van der Waals surface area (Å²) < 4.78 is 1.82. The standard InChI is InChI=1S/C26H24Cl2N4O7S3/c27-15-1-2-17(28)18(9-15)41-13-20(34)30-22-24(37)32-23(26(38)39)14(12-42-25(22)32)11-40-16-3-6-31(7-4-16)8-5-29-19(33)10-21(35)36/h1-4,6-7,9,22,25H,5,8,10-13H2,(H3-,29,30,33,34,35,36,38,39)/p+1/t22-,25+/m0/s1. The lowest BCUT2D eigenvalue weighted by atomic mass is 10.0. The van der Waals surface area contributed by atoms with Gasteiger partial charge in [-0.2, -0.15) is 0 Å². The molecule has 2 atom stereocenters. The van der Waals surface area contributed by atoms with Crippen LogP contribution in [-0.2, 0) is 30.5 Å². The summed E-state index contributed by atoms with van der Waals surface area (Å²) in [4.78, 5) is 62.4. The van der Waals surface area contributed by atoms with Gasteiger partial charge < -0.3 is 20.8 Å². The van der Waals surface area contributed by atoms with Gasteiger partial charge in [-0.05, 0) is 23.8 Å². The van der Waals surface area contributed by atoms with Crippen LogP contribution in [0.2, 0.25) is 10.0 Å². The lowest BCUT2D eigenvalue weighted by Gasteiger charge is -2.49. The number of rotatable bonds is 13. The second-order valence-corrected chi connectivity index (χ2v) is 13.1.